The van der Waals surface area contributed by atoms with Crippen molar-refractivity contribution in [1.82, 2.24) is 19.9 Å². The molecule has 0 saturated heterocycles. The second kappa shape index (κ2) is 9.14. The minimum Gasteiger partial charge on any atom is -0.390 e. The Morgan fingerprint density at radius 1 is 1.22 bits per heavy atom. The van der Waals surface area contributed by atoms with E-state index >= 15 is 0 Å². The molecule has 3 atom stereocenters. The maximum Gasteiger partial charge on any atom is 0.224 e. The molecule has 3 heterocycles. The molecule has 0 aliphatic heterocycles. The van der Waals surface area contributed by atoms with Crippen molar-refractivity contribution in [3.8, 4) is 10.6 Å². The van der Waals surface area contributed by atoms with E-state index in [1.54, 1.807) is 33.4 Å². The fraction of sp³-hybridized carbons (Fsp3) is 0.600. The number of pyridine rings is 1. The van der Waals surface area contributed by atoms with Crippen LogP contribution in [0.25, 0.3) is 20.8 Å². The highest BCUT2D eigenvalue weighted by Gasteiger charge is 2.52. The maximum absolute atomic E-state index is 11.5. The average molecular weight is 515 g/mol. The number of thiazole rings is 1. The van der Waals surface area contributed by atoms with Crippen molar-refractivity contribution in [3.63, 3.8) is 0 Å². The molecule has 2 aliphatic carbocycles. The third kappa shape index (κ3) is 4.78. The van der Waals surface area contributed by atoms with E-state index in [2.05, 4.69) is 15.6 Å². The number of aliphatic hydroxyl groups excluding tert-OH is 1. The lowest BCUT2D eigenvalue weighted by Crippen LogP contribution is -2.51. The maximum atomic E-state index is 11.5. The van der Waals surface area contributed by atoms with E-state index in [1.807, 2.05) is 13.0 Å². The number of aryl methyl sites for hydroxylation is 1. The van der Waals surface area contributed by atoms with E-state index in [-0.39, 0.29) is 11.8 Å². The Balaban J connectivity index is 1.52. The molecule has 5 N–H and O–H groups in total. The van der Waals surface area contributed by atoms with Crippen molar-refractivity contribution < 1.29 is 20.1 Å². The highest BCUT2D eigenvalue weighted by atomic mass is 32.1. The molecule has 0 radical (unpaired) electrons. The van der Waals surface area contributed by atoms with Crippen LogP contribution in [-0.2, 0) is 4.74 Å². The molecule has 0 aromatic carbocycles. The normalized spacial score (nSPS) is 25.3. The summed E-state index contributed by atoms with van der Waals surface area (Å²) in [5, 5.41) is 40.2. The molecule has 2 fully saturated rings. The van der Waals surface area contributed by atoms with E-state index in [0.29, 0.717) is 47.6 Å². The Bertz CT molecular complexity index is 1220. The van der Waals surface area contributed by atoms with E-state index in [0.717, 1.165) is 23.1 Å². The molecule has 2 aliphatic rings. The van der Waals surface area contributed by atoms with Gasteiger partial charge in [-0.3, -0.25) is 4.98 Å². The molecule has 0 spiro atoms. The molecule has 2 saturated carbocycles. The summed E-state index contributed by atoms with van der Waals surface area (Å²) in [7, 11) is 1.71. The smallest absolute Gasteiger partial charge is 0.224 e. The second-order valence-electron chi connectivity index (χ2n) is 10.8. The summed E-state index contributed by atoms with van der Waals surface area (Å²) >= 11 is 1.49. The fourth-order valence-electron chi connectivity index (χ4n) is 5.10. The zero-order valence-corrected chi connectivity index (χ0v) is 21.9. The molecular formula is C25H34N6O4S. The van der Waals surface area contributed by atoms with Gasteiger partial charge in [0.1, 0.15) is 22.4 Å². The van der Waals surface area contributed by atoms with Crippen LogP contribution in [0.1, 0.15) is 45.2 Å². The van der Waals surface area contributed by atoms with Gasteiger partial charge >= 0.3 is 0 Å². The van der Waals surface area contributed by atoms with Crippen molar-refractivity contribution in [3.05, 3.63) is 24.2 Å². The number of aliphatic hydroxyl groups is 3. The molecule has 0 unspecified atom stereocenters. The number of ether oxygens (including phenoxy) is 1. The minimum absolute atomic E-state index is 0.0953. The highest BCUT2D eigenvalue weighted by molar-refractivity contribution is 7.21. The molecule has 0 bridgehead atoms. The first-order valence-corrected chi connectivity index (χ1v) is 13.1. The van der Waals surface area contributed by atoms with Gasteiger partial charge < -0.3 is 30.7 Å². The third-order valence-electron chi connectivity index (χ3n) is 7.47. The summed E-state index contributed by atoms with van der Waals surface area (Å²) in [4.78, 5) is 18.4. The minimum atomic E-state index is -1.66. The molecule has 11 heteroatoms. The van der Waals surface area contributed by atoms with Gasteiger partial charge in [-0.1, -0.05) is 0 Å². The number of methoxy groups -OCH3 is 1. The van der Waals surface area contributed by atoms with Crippen molar-refractivity contribution >= 4 is 33.3 Å². The monoisotopic (exact) mass is 514 g/mol. The molecule has 0 amide bonds. The molecule has 3 aromatic rings. The molecule has 194 valence electrons. The predicted molar refractivity (Wildman–Crippen MR) is 139 cm³/mol. The van der Waals surface area contributed by atoms with E-state index in [4.69, 9.17) is 19.7 Å². The van der Waals surface area contributed by atoms with Crippen LogP contribution >= 0.6 is 11.3 Å². The van der Waals surface area contributed by atoms with Gasteiger partial charge in [0.05, 0.1) is 34.4 Å². The summed E-state index contributed by atoms with van der Waals surface area (Å²) in [5.41, 5.74) is -0.590. The van der Waals surface area contributed by atoms with Crippen LogP contribution in [-0.4, -0.2) is 72.9 Å². The van der Waals surface area contributed by atoms with Gasteiger partial charge in [-0.05, 0) is 52.5 Å². The van der Waals surface area contributed by atoms with Crippen LogP contribution in [0.15, 0.2) is 18.5 Å². The zero-order valence-electron chi connectivity index (χ0n) is 21.1. The predicted octanol–water partition coefficient (Wildman–Crippen LogP) is 2.94. The number of rotatable bonds is 9. The van der Waals surface area contributed by atoms with Gasteiger partial charge in [0.15, 0.2) is 5.72 Å². The average Bonchev–Trinajstić information content (AvgIpc) is 3.32. The second-order valence-corrected chi connectivity index (χ2v) is 11.8. The first-order chi connectivity index (χ1) is 17.0. The lowest BCUT2D eigenvalue weighted by Gasteiger charge is -2.34. The summed E-state index contributed by atoms with van der Waals surface area (Å²) in [6.45, 7) is 6.54. The van der Waals surface area contributed by atoms with Gasteiger partial charge in [-0.25, -0.2) is 9.97 Å². The lowest BCUT2D eigenvalue weighted by atomic mass is 9.87. The number of nitrogens with zero attached hydrogens (tertiary/aromatic N) is 4. The number of hydrogen-bond acceptors (Lipinski definition) is 11. The van der Waals surface area contributed by atoms with Gasteiger partial charge in [-0.15, -0.1) is 11.3 Å². The third-order valence-corrected chi connectivity index (χ3v) is 8.53. The van der Waals surface area contributed by atoms with Crippen LogP contribution in [0.4, 0.5) is 11.8 Å². The quantitative estimate of drug-likeness (QED) is 0.270. The Kier molecular flexibility index (Phi) is 6.40. The van der Waals surface area contributed by atoms with Gasteiger partial charge in [0.2, 0.25) is 5.95 Å². The van der Waals surface area contributed by atoms with E-state index in [9.17, 15) is 15.3 Å². The summed E-state index contributed by atoms with van der Waals surface area (Å²) in [6, 6.07) is 1.91. The number of fused-ring (bicyclic) bond motifs is 1. The van der Waals surface area contributed by atoms with Crippen molar-refractivity contribution in [2.75, 3.05) is 30.9 Å². The number of nitrogens with one attached hydrogen (secondary N) is 2. The Labute approximate surface area is 214 Å². The first-order valence-electron chi connectivity index (χ1n) is 12.3. The van der Waals surface area contributed by atoms with Crippen molar-refractivity contribution in [2.24, 2.45) is 11.3 Å². The summed E-state index contributed by atoms with van der Waals surface area (Å²) in [6.07, 6.45) is 5.14. The van der Waals surface area contributed by atoms with Crippen molar-refractivity contribution in [1.29, 1.82) is 0 Å². The summed E-state index contributed by atoms with van der Waals surface area (Å²) < 4.78 is 6.35. The standard InChI is InChI=1S/C25H34N6O4S/c1-14-18(21-29-16-11-26-10-6-17(16)36-21)20(30-22(28-14)27-12-24(8-9-24)13-35-4)31-25(34)7-5-15(19(25)32)23(2,3)33/h6,10-11,15,19,32-34H,5,7-9,12-13H2,1-4H3,(H2,27,28,30,31)/t15-,19+,25-/m0/s1. The molecule has 10 nitrogen and oxygen atoms in total. The fourth-order valence-corrected chi connectivity index (χ4v) is 6.13. The van der Waals surface area contributed by atoms with Gasteiger partial charge in [0.25, 0.3) is 0 Å². The van der Waals surface area contributed by atoms with Gasteiger partial charge in [0, 0.05) is 31.2 Å². The molecule has 5 rings (SSSR count). The van der Waals surface area contributed by atoms with E-state index in [1.165, 1.54) is 11.3 Å². The van der Waals surface area contributed by atoms with Crippen LogP contribution < -0.4 is 10.6 Å². The first kappa shape index (κ1) is 25.2. The molecular weight excluding hydrogens is 480 g/mol. The largest absolute Gasteiger partial charge is 0.390 e. The van der Waals surface area contributed by atoms with Crippen LogP contribution in [0.5, 0.6) is 0 Å². The number of anilines is 2. The Morgan fingerprint density at radius 3 is 2.64 bits per heavy atom. The Hall–Kier alpha value is -2.44. The number of hydrogen-bond donors (Lipinski definition) is 5. The van der Waals surface area contributed by atoms with Gasteiger partial charge in [-0.2, -0.15) is 4.98 Å². The molecule has 36 heavy (non-hydrogen) atoms. The van der Waals surface area contributed by atoms with Crippen LogP contribution in [0, 0.1) is 18.3 Å². The summed E-state index contributed by atoms with van der Waals surface area (Å²) in [5.74, 6) is 0.321. The highest BCUT2D eigenvalue weighted by Crippen LogP contribution is 2.46. The number of aromatic nitrogens is 4. The topological polar surface area (TPSA) is 146 Å². The Morgan fingerprint density at radius 2 is 2.00 bits per heavy atom. The molecule has 3 aromatic heterocycles. The lowest BCUT2D eigenvalue weighted by molar-refractivity contribution is -0.0926. The zero-order chi connectivity index (χ0) is 25.7. The van der Waals surface area contributed by atoms with Crippen molar-refractivity contribution in [2.45, 2.75) is 63.9 Å². The van der Waals surface area contributed by atoms with Crippen LogP contribution in [0.2, 0.25) is 0 Å². The SMILES string of the molecule is COCC1(CNc2nc(C)c(-c3nc4cnccc4s3)c(N[C@]3(O)CC[C@H](C(C)(C)O)[C@H]3O)n2)CC1. The van der Waals surface area contributed by atoms with E-state index < -0.39 is 23.3 Å². The van der Waals surface area contributed by atoms with Crippen LogP contribution in [0.3, 0.4) is 0 Å².